The predicted octanol–water partition coefficient (Wildman–Crippen LogP) is 2.77. The van der Waals surface area contributed by atoms with Crippen molar-refractivity contribution in [3.05, 3.63) is 46.3 Å². The van der Waals surface area contributed by atoms with Gasteiger partial charge in [-0.3, -0.25) is 0 Å². The van der Waals surface area contributed by atoms with E-state index < -0.39 is 0 Å². The molecule has 0 aromatic carbocycles. The van der Waals surface area contributed by atoms with Gasteiger partial charge in [-0.05, 0) is 23.6 Å². The number of nitrogens with zero attached hydrogens (tertiary/aromatic N) is 3. The van der Waals surface area contributed by atoms with Gasteiger partial charge >= 0.3 is 6.03 Å². The van der Waals surface area contributed by atoms with Gasteiger partial charge < -0.3 is 15.0 Å². The number of ether oxygens (including phenoxy) is 1. The molecule has 0 spiro atoms. The number of nitrogens with one attached hydrogen (secondary N) is 1. The average Bonchev–Trinajstić information content (AvgIpc) is 3.14. The predicted molar refractivity (Wildman–Crippen MR) is 90.7 cm³/mol. The summed E-state index contributed by atoms with van der Waals surface area (Å²) in [7, 11) is 0. The zero-order valence-corrected chi connectivity index (χ0v) is 14.0. The third-order valence-corrected chi connectivity index (χ3v) is 4.77. The monoisotopic (exact) mass is 342 g/mol. The molecule has 6 nitrogen and oxygen atoms in total. The first-order valence-electron chi connectivity index (χ1n) is 7.83. The maximum atomic E-state index is 12.2. The zero-order chi connectivity index (χ0) is 16.8. The molecule has 1 N–H and O–H groups in total. The van der Waals surface area contributed by atoms with Crippen LogP contribution >= 0.6 is 11.3 Å². The molecule has 3 heterocycles. The molecule has 1 saturated heterocycles. The Labute approximate surface area is 144 Å². The number of pyridine rings is 1. The number of hydrogen-bond acceptors (Lipinski definition) is 5. The molecule has 2 aromatic heterocycles. The molecule has 0 radical (unpaired) electrons. The van der Waals surface area contributed by atoms with Crippen LogP contribution in [-0.4, -0.2) is 35.1 Å². The molecule has 24 heavy (non-hydrogen) atoms. The van der Waals surface area contributed by atoms with E-state index in [4.69, 9.17) is 10.00 Å². The van der Waals surface area contributed by atoms with Crippen molar-refractivity contribution in [1.82, 2.24) is 15.2 Å². The van der Waals surface area contributed by atoms with Crippen molar-refractivity contribution in [1.29, 1.82) is 5.26 Å². The van der Waals surface area contributed by atoms with Gasteiger partial charge in [-0.2, -0.15) is 5.26 Å². The Balaban J connectivity index is 1.47. The third-order valence-electron chi connectivity index (χ3n) is 3.89. The summed E-state index contributed by atoms with van der Waals surface area (Å²) < 4.78 is 5.83. The van der Waals surface area contributed by atoms with Gasteiger partial charge in [0.1, 0.15) is 17.7 Å². The van der Waals surface area contributed by atoms with Crippen LogP contribution in [0.5, 0.6) is 5.88 Å². The van der Waals surface area contributed by atoms with Crippen molar-refractivity contribution in [2.75, 3.05) is 13.1 Å². The van der Waals surface area contributed by atoms with Crippen LogP contribution in [0.25, 0.3) is 0 Å². The smallest absolute Gasteiger partial charge is 0.317 e. The molecule has 2 aromatic rings. The van der Waals surface area contributed by atoms with Gasteiger partial charge in [-0.1, -0.05) is 6.07 Å². The van der Waals surface area contributed by atoms with E-state index in [1.54, 1.807) is 34.6 Å². The normalized spacial score (nSPS) is 14.9. The highest BCUT2D eigenvalue weighted by molar-refractivity contribution is 7.09. The number of carbonyl (C=O) groups is 1. The van der Waals surface area contributed by atoms with Gasteiger partial charge in [0.2, 0.25) is 5.88 Å². The molecule has 1 fully saturated rings. The number of piperidine rings is 1. The summed E-state index contributed by atoms with van der Waals surface area (Å²) in [6.45, 7) is 1.83. The van der Waals surface area contributed by atoms with E-state index in [0.717, 1.165) is 17.7 Å². The highest BCUT2D eigenvalue weighted by Crippen LogP contribution is 2.20. The number of thiophene rings is 1. The molecule has 7 heteroatoms. The Bertz CT molecular complexity index is 718. The van der Waals surface area contributed by atoms with Gasteiger partial charge in [0.15, 0.2) is 0 Å². The molecule has 0 aliphatic carbocycles. The van der Waals surface area contributed by atoms with E-state index in [9.17, 15) is 4.79 Å². The van der Waals surface area contributed by atoms with E-state index in [-0.39, 0.29) is 12.1 Å². The Morgan fingerprint density at radius 2 is 2.25 bits per heavy atom. The molecule has 0 saturated carbocycles. The molecule has 1 aliphatic rings. The standard InChI is InChI=1S/C17H18N4O2S/c18-11-13-3-1-7-19-16(13)23-14-5-8-21(9-6-14)17(22)20-12-15-4-2-10-24-15/h1-4,7,10,14H,5-6,8-9,12H2,(H,20,22). The average molecular weight is 342 g/mol. The Hall–Kier alpha value is -2.59. The summed E-state index contributed by atoms with van der Waals surface area (Å²) in [5.74, 6) is 0.376. The lowest BCUT2D eigenvalue weighted by atomic mass is 10.1. The van der Waals surface area contributed by atoms with Gasteiger partial charge in [-0.15, -0.1) is 11.3 Å². The van der Waals surface area contributed by atoms with E-state index >= 15 is 0 Å². The van der Waals surface area contributed by atoms with Gasteiger partial charge in [0.25, 0.3) is 0 Å². The Kier molecular flexibility index (Phi) is 5.29. The SMILES string of the molecule is N#Cc1cccnc1OC1CCN(C(=O)NCc2cccs2)CC1. The maximum absolute atomic E-state index is 12.2. The lowest BCUT2D eigenvalue weighted by Crippen LogP contribution is -2.46. The summed E-state index contributed by atoms with van der Waals surface area (Å²) in [5.41, 5.74) is 0.439. The summed E-state index contributed by atoms with van der Waals surface area (Å²) >= 11 is 1.63. The highest BCUT2D eigenvalue weighted by atomic mass is 32.1. The fourth-order valence-corrected chi connectivity index (χ4v) is 3.24. The van der Waals surface area contributed by atoms with Crippen molar-refractivity contribution in [2.45, 2.75) is 25.5 Å². The molecule has 0 unspecified atom stereocenters. The topological polar surface area (TPSA) is 78.2 Å². The molecular formula is C17H18N4O2S. The number of urea groups is 1. The van der Waals surface area contributed by atoms with Gasteiger partial charge in [-0.25, -0.2) is 9.78 Å². The number of nitriles is 1. The van der Waals surface area contributed by atoms with Crippen LogP contribution in [0.3, 0.4) is 0 Å². The van der Waals surface area contributed by atoms with E-state index in [1.165, 1.54) is 0 Å². The van der Waals surface area contributed by atoms with E-state index in [2.05, 4.69) is 16.4 Å². The first-order valence-corrected chi connectivity index (χ1v) is 8.71. The van der Waals surface area contributed by atoms with Crippen molar-refractivity contribution < 1.29 is 9.53 Å². The summed E-state index contributed by atoms with van der Waals surface area (Å²) in [5, 5.41) is 14.0. The van der Waals surface area contributed by atoms with Crippen LogP contribution in [0.4, 0.5) is 4.79 Å². The number of likely N-dealkylation sites (tertiary alicyclic amines) is 1. The molecule has 1 aliphatic heterocycles. The number of rotatable bonds is 4. The molecular weight excluding hydrogens is 324 g/mol. The maximum Gasteiger partial charge on any atom is 0.317 e. The van der Waals surface area contributed by atoms with Crippen molar-refractivity contribution in [3.8, 4) is 11.9 Å². The molecule has 124 valence electrons. The van der Waals surface area contributed by atoms with Crippen LogP contribution in [-0.2, 0) is 6.54 Å². The van der Waals surface area contributed by atoms with Crippen molar-refractivity contribution >= 4 is 17.4 Å². The first-order chi connectivity index (χ1) is 11.8. The molecule has 0 bridgehead atoms. The Morgan fingerprint density at radius 1 is 1.42 bits per heavy atom. The van der Waals surface area contributed by atoms with Crippen LogP contribution in [0.15, 0.2) is 35.8 Å². The van der Waals surface area contributed by atoms with Crippen molar-refractivity contribution in [2.24, 2.45) is 0 Å². The highest BCUT2D eigenvalue weighted by Gasteiger charge is 2.24. The van der Waals surface area contributed by atoms with Gasteiger partial charge in [0.05, 0.1) is 6.54 Å². The lowest BCUT2D eigenvalue weighted by molar-refractivity contribution is 0.107. The fourth-order valence-electron chi connectivity index (χ4n) is 2.59. The molecule has 0 atom stereocenters. The van der Waals surface area contributed by atoms with Crippen LogP contribution in [0.1, 0.15) is 23.3 Å². The number of amides is 2. The first kappa shape index (κ1) is 16.3. The van der Waals surface area contributed by atoms with Crippen LogP contribution < -0.4 is 10.1 Å². The molecule has 2 amide bonds. The van der Waals surface area contributed by atoms with Crippen molar-refractivity contribution in [3.63, 3.8) is 0 Å². The molecule has 3 rings (SSSR count). The minimum Gasteiger partial charge on any atom is -0.473 e. The number of carbonyl (C=O) groups excluding carboxylic acids is 1. The second-order valence-corrected chi connectivity index (χ2v) is 6.54. The van der Waals surface area contributed by atoms with Crippen LogP contribution in [0.2, 0.25) is 0 Å². The second kappa shape index (κ2) is 7.79. The third kappa shape index (κ3) is 4.03. The zero-order valence-electron chi connectivity index (χ0n) is 13.1. The quantitative estimate of drug-likeness (QED) is 0.927. The fraction of sp³-hybridized carbons (Fsp3) is 0.353. The largest absolute Gasteiger partial charge is 0.473 e. The number of aromatic nitrogens is 1. The summed E-state index contributed by atoms with van der Waals surface area (Å²) in [6.07, 6.45) is 3.05. The lowest BCUT2D eigenvalue weighted by Gasteiger charge is -2.32. The Morgan fingerprint density at radius 3 is 2.96 bits per heavy atom. The van der Waals surface area contributed by atoms with Crippen LogP contribution in [0, 0.1) is 11.3 Å². The minimum atomic E-state index is -0.0441. The van der Waals surface area contributed by atoms with E-state index in [1.807, 2.05) is 17.5 Å². The number of hydrogen-bond donors (Lipinski definition) is 1. The summed E-state index contributed by atoms with van der Waals surface area (Å²) in [6, 6.07) is 9.42. The summed E-state index contributed by atoms with van der Waals surface area (Å²) in [4.78, 5) is 19.2. The second-order valence-electron chi connectivity index (χ2n) is 5.51. The van der Waals surface area contributed by atoms with E-state index in [0.29, 0.717) is 31.1 Å². The minimum absolute atomic E-state index is 0.0201. The van der Waals surface area contributed by atoms with Gasteiger partial charge in [0, 0.05) is 37.0 Å².